The van der Waals surface area contributed by atoms with Crippen LogP contribution in [0, 0.1) is 0 Å². The number of hydrogen-bond acceptors (Lipinski definition) is 5. The van der Waals surface area contributed by atoms with Crippen molar-refractivity contribution < 1.29 is 9.32 Å². The summed E-state index contributed by atoms with van der Waals surface area (Å²) in [7, 11) is 0. The minimum atomic E-state index is -0.128. The van der Waals surface area contributed by atoms with Crippen molar-refractivity contribution in [2.24, 2.45) is 0 Å². The Bertz CT molecular complexity index is 407. The van der Waals surface area contributed by atoms with Crippen molar-refractivity contribution in [3.05, 3.63) is 11.7 Å². The van der Waals surface area contributed by atoms with Crippen molar-refractivity contribution in [1.82, 2.24) is 20.4 Å². The van der Waals surface area contributed by atoms with Gasteiger partial charge in [0.2, 0.25) is 5.89 Å². The number of hydrogen-bond donors (Lipinski definition) is 1. The van der Waals surface area contributed by atoms with Crippen LogP contribution >= 0.6 is 0 Å². The number of amides is 1. The molecular weight excluding hydrogens is 244 g/mol. The van der Waals surface area contributed by atoms with Crippen LogP contribution in [0.5, 0.6) is 0 Å². The van der Waals surface area contributed by atoms with E-state index >= 15 is 0 Å². The molecule has 1 N–H and O–H groups in total. The van der Waals surface area contributed by atoms with Gasteiger partial charge in [0, 0.05) is 13.1 Å². The van der Waals surface area contributed by atoms with Gasteiger partial charge < -0.3 is 14.7 Å². The standard InChI is InChI=1S/C13H22N4O2/c1-3-8-17(9-4-2)13(18)11-15-12(19-16-11)10-6-5-7-14-10/h10,14H,3-9H2,1-2H3. The van der Waals surface area contributed by atoms with Crippen LogP contribution in [0.15, 0.2) is 4.52 Å². The molecule has 1 aliphatic rings. The topological polar surface area (TPSA) is 71.3 Å². The zero-order valence-electron chi connectivity index (χ0n) is 11.7. The molecule has 0 aromatic carbocycles. The molecule has 1 amide bonds. The van der Waals surface area contributed by atoms with Crippen molar-refractivity contribution >= 4 is 5.91 Å². The van der Waals surface area contributed by atoms with Crippen LogP contribution in [0.3, 0.4) is 0 Å². The number of carbonyl (C=O) groups excluding carboxylic acids is 1. The van der Waals surface area contributed by atoms with Crippen molar-refractivity contribution in [3.8, 4) is 0 Å². The molecule has 0 bridgehead atoms. The molecule has 1 atom stereocenters. The summed E-state index contributed by atoms with van der Waals surface area (Å²) in [5, 5.41) is 7.11. The Balaban J connectivity index is 2.05. The highest BCUT2D eigenvalue weighted by molar-refractivity contribution is 5.90. The van der Waals surface area contributed by atoms with Gasteiger partial charge in [0.15, 0.2) is 0 Å². The smallest absolute Gasteiger partial charge is 0.295 e. The Morgan fingerprint density at radius 1 is 1.42 bits per heavy atom. The molecule has 1 fully saturated rings. The van der Waals surface area contributed by atoms with Crippen LogP contribution in [-0.4, -0.2) is 40.6 Å². The summed E-state index contributed by atoms with van der Waals surface area (Å²) in [4.78, 5) is 18.3. The number of carbonyl (C=O) groups is 1. The van der Waals surface area contributed by atoms with E-state index in [2.05, 4.69) is 29.3 Å². The Kier molecular flexibility index (Phi) is 4.90. The second kappa shape index (κ2) is 6.65. The van der Waals surface area contributed by atoms with Gasteiger partial charge in [0.05, 0.1) is 6.04 Å². The average Bonchev–Trinajstić information content (AvgIpc) is 3.08. The van der Waals surface area contributed by atoms with E-state index in [-0.39, 0.29) is 17.8 Å². The lowest BCUT2D eigenvalue weighted by Gasteiger charge is -2.19. The highest BCUT2D eigenvalue weighted by atomic mass is 16.5. The maximum Gasteiger partial charge on any atom is 0.295 e. The van der Waals surface area contributed by atoms with Crippen molar-refractivity contribution in [2.75, 3.05) is 19.6 Å². The molecule has 2 rings (SSSR count). The monoisotopic (exact) mass is 266 g/mol. The summed E-state index contributed by atoms with van der Waals surface area (Å²) in [6.07, 6.45) is 3.96. The third kappa shape index (κ3) is 3.32. The van der Waals surface area contributed by atoms with E-state index in [1.165, 1.54) is 0 Å². The van der Waals surface area contributed by atoms with E-state index in [0.717, 1.165) is 45.3 Å². The van der Waals surface area contributed by atoms with Gasteiger partial charge in [-0.1, -0.05) is 19.0 Å². The molecule has 0 aliphatic carbocycles. The first-order valence-electron chi connectivity index (χ1n) is 7.12. The highest BCUT2D eigenvalue weighted by Gasteiger charge is 2.26. The molecule has 6 nitrogen and oxygen atoms in total. The summed E-state index contributed by atoms with van der Waals surface area (Å²) in [6.45, 7) is 6.55. The molecule has 1 aliphatic heterocycles. The molecular formula is C13H22N4O2. The molecule has 19 heavy (non-hydrogen) atoms. The van der Waals surface area contributed by atoms with Gasteiger partial charge in [-0.15, -0.1) is 0 Å². The van der Waals surface area contributed by atoms with Gasteiger partial charge in [-0.3, -0.25) is 4.79 Å². The largest absolute Gasteiger partial charge is 0.337 e. The minimum Gasteiger partial charge on any atom is -0.337 e. The Hall–Kier alpha value is -1.43. The van der Waals surface area contributed by atoms with E-state index in [0.29, 0.717) is 5.89 Å². The fourth-order valence-corrected chi connectivity index (χ4v) is 2.36. The van der Waals surface area contributed by atoms with Gasteiger partial charge >= 0.3 is 0 Å². The van der Waals surface area contributed by atoms with Crippen LogP contribution in [0.25, 0.3) is 0 Å². The van der Waals surface area contributed by atoms with Crippen LogP contribution in [0.2, 0.25) is 0 Å². The zero-order valence-corrected chi connectivity index (χ0v) is 11.7. The highest BCUT2D eigenvalue weighted by Crippen LogP contribution is 2.21. The molecule has 0 radical (unpaired) electrons. The Morgan fingerprint density at radius 2 is 2.16 bits per heavy atom. The fourth-order valence-electron chi connectivity index (χ4n) is 2.36. The molecule has 0 spiro atoms. The molecule has 0 saturated carbocycles. The van der Waals surface area contributed by atoms with Crippen LogP contribution in [-0.2, 0) is 0 Å². The Labute approximate surface area is 113 Å². The SMILES string of the molecule is CCCN(CCC)C(=O)c1noc(C2CCCN2)n1. The van der Waals surface area contributed by atoms with Gasteiger partial charge in [-0.2, -0.15) is 4.98 Å². The average molecular weight is 266 g/mol. The third-order valence-electron chi connectivity index (χ3n) is 3.27. The molecule has 2 heterocycles. The van der Waals surface area contributed by atoms with E-state index in [9.17, 15) is 4.79 Å². The van der Waals surface area contributed by atoms with E-state index in [1.54, 1.807) is 4.90 Å². The molecule has 1 unspecified atom stereocenters. The summed E-state index contributed by atoms with van der Waals surface area (Å²) in [5.41, 5.74) is 0. The van der Waals surface area contributed by atoms with Crippen LogP contribution in [0.4, 0.5) is 0 Å². The second-order valence-corrected chi connectivity index (χ2v) is 4.90. The first-order valence-corrected chi connectivity index (χ1v) is 7.12. The predicted octanol–water partition coefficient (Wildman–Crippen LogP) is 1.76. The van der Waals surface area contributed by atoms with Crippen LogP contribution in [0.1, 0.15) is 62.1 Å². The Morgan fingerprint density at radius 3 is 2.74 bits per heavy atom. The molecule has 106 valence electrons. The molecule has 1 saturated heterocycles. The van der Waals surface area contributed by atoms with E-state index < -0.39 is 0 Å². The maximum absolute atomic E-state index is 12.3. The zero-order chi connectivity index (χ0) is 13.7. The number of nitrogens with one attached hydrogen (secondary N) is 1. The first kappa shape index (κ1) is 14.0. The van der Waals surface area contributed by atoms with Crippen molar-refractivity contribution in [1.29, 1.82) is 0 Å². The summed E-state index contributed by atoms with van der Waals surface area (Å²) >= 11 is 0. The lowest BCUT2D eigenvalue weighted by molar-refractivity contribution is 0.0740. The lowest BCUT2D eigenvalue weighted by atomic mass is 10.2. The van der Waals surface area contributed by atoms with Crippen molar-refractivity contribution in [2.45, 2.75) is 45.6 Å². The van der Waals surface area contributed by atoms with Gasteiger partial charge in [0.1, 0.15) is 0 Å². The molecule has 6 heteroatoms. The van der Waals surface area contributed by atoms with Crippen molar-refractivity contribution in [3.63, 3.8) is 0 Å². The molecule has 1 aromatic rings. The van der Waals surface area contributed by atoms with Crippen LogP contribution < -0.4 is 5.32 Å². The van der Waals surface area contributed by atoms with E-state index in [1.807, 2.05) is 0 Å². The molecule has 1 aromatic heterocycles. The van der Waals surface area contributed by atoms with Gasteiger partial charge in [-0.05, 0) is 32.2 Å². The number of nitrogens with zero attached hydrogens (tertiary/aromatic N) is 3. The lowest BCUT2D eigenvalue weighted by Crippen LogP contribution is -2.33. The summed E-state index contributed by atoms with van der Waals surface area (Å²) < 4.78 is 5.21. The summed E-state index contributed by atoms with van der Waals surface area (Å²) in [5.74, 6) is 0.594. The summed E-state index contributed by atoms with van der Waals surface area (Å²) in [6, 6.07) is 0.111. The third-order valence-corrected chi connectivity index (χ3v) is 3.27. The first-order chi connectivity index (χ1) is 9.26. The number of aromatic nitrogens is 2. The predicted molar refractivity (Wildman–Crippen MR) is 70.8 cm³/mol. The number of rotatable bonds is 6. The van der Waals surface area contributed by atoms with Gasteiger partial charge in [0.25, 0.3) is 11.7 Å². The van der Waals surface area contributed by atoms with Gasteiger partial charge in [-0.25, -0.2) is 0 Å². The quantitative estimate of drug-likeness (QED) is 0.849. The minimum absolute atomic E-state index is 0.111. The second-order valence-electron chi connectivity index (χ2n) is 4.90. The maximum atomic E-state index is 12.3. The normalized spacial score (nSPS) is 18.7. The fraction of sp³-hybridized carbons (Fsp3) is 0.769. The van der Waals surface area contributed by atoms with E-state index in [4.69, 9.17) is 4.52 Å².